The number of aromatic nitrogens is 2. The average Bonchev–Trinajstić information content (AvgIpc) is 2.70. The summed E-state index contributed by atoms with van der Waals surface area (Å²) in [6.45, 7) is 9.29. The minimum absolute atomic E-state index is 0.137. The van der Waals surface area contributed by atoms with Gasteiger partial charge in [0.1, 0.15) is 12.7 Å². The minimum Gasteiger partial charge on any atom is -0.475 e. The van der Waals surface area contributed by atoms with Crippen LogP contribution in [0.1, 0.15) is 31.9 Å². The molecule has 1 saturated heterocycles. The number of benzene rings is 1. The lowest BCUT2D eigenvalue weighted by molar-refractivity contribution is -0.102. The van der Waals surface area contributed by atoms with Gasteiger partial charge in [-0.25, -0.2) is 4.79 Å². The number of aryl methyl sites for hydroxylation is 1. The predicted octanol–water partition coefficient (Wildman–Crippen LogP) is 2.58. The van der Waals surface area contributed by atoms with E-state index in [1.807, 2.05) is 26.8 Å². The Hall–Kier alpha value is -2.22. The highest BCUT2D eigenvalue weighted by Gasteiger charge is 2.21. The van der Waals surface area contributed by atoms with Gasteiger partial charge in [0, 0.05) is 18.2 Å². The zero-order valence-electron chi connectivity index (χ0n) is 17.3. The van der Waals surface area contributed by atoms with Crippen LogP contribution in [0.15, 0.2) is 29.1 Å². The van der Waals surface area contributed by atoms with Gasteiger partial charge < -0.3 is 18.9 Å². The van der Waals surface area contributed by atoms with Gasteiger partial charge in [-0.05, 0) is 38.3 Å². The summed E-state index contributed by atoms with van der Waals surface area (Å²) >= 11 is 0. The minimum atomic E-state index is -0.288. The van der Waals surface area contributed by atoms with Gasteiger partial charge in [-0.3, -0.25) is 4.57 Å². The largest absolute Gasteiger partial charge is 0.475 e. The number of fused-ring (bicyclic) bond motifs is 3. The Balaban J connectivity index is 1.55. The van der Waals surface area contributed by atoms with Gasteiger partial charge in [0.15, 0.2) is 0 Å². The van der Waals surface area contributed by atoms with Gasteiger partial charge in [-0.1, -0.05) is 18.2 Å². The topological polar surface area (TPSA) is 71.8 Å². The molecule has 0 N–H and O–H groups in total. The maximum Gasteiger partial charge on any atom is 0.351 e. The van der Waals surface area contributed by atoms with E-state index in [4.69, 9.17) is 18.9 Å². The fourth-order valence-corrected chi connectivity index (χ4v) is 3.53. The van der Waals surface area contributed by atoms with Crippen molar-refractivity contribution < 1.29 is 18.9 Å². The molecule has 2 aromatic rings. The van der Waals surface area contributed by atoms with Crippen molar-refractivity contribution in [3.8, 4) is 17.1 Å². The molecule has 1 aromatic carbocycles. The molecule has 1 aromatic heterocycles. The third kappa shape index (κ3) is 4.86. The summed E-state index contributed by atoms with van der Waals surface area (Å²) in [5.41, 5.74) is 3.75. The van der Waals surface area contributed by atoms with Gasteiger partial charge in [0.25, 0.3) is 0 Å². The summed E-state index contributed by atoms with van der Waals surface area (Å²) in [5, 5.41) is 0. The second-order valence-corrected chi connectivity index (χ2v) is 8.44. The summed E-state index contributed by atoms with van der Waals surface area (Å²) in [7, 11) is 0. The molecule has 0 bridgehead atoms. The van der Waals surface area contributed by atoms with Crippen molar-refractivity contribution in [3.63, 3.8) is 0 Å². The molecule has 0 radical (unpaired) electrons. The van der Waals surface area contributed by atoms with Gasteiger partial charge in [-0.15, -0.1) is 0 Å². The van der Waals surface area contributed by atoms with Crippen LogP contribution in [-0.2, 0) is 33.8 Å². The second kappa shape index (κ2) is 8.26. The van der Waals surface area contributed by atoms with Gasteiger partial charge in [0.2, 0.25) is 5.88 Å². The zero-order valence-corrected chi connectivity index (χ0v) is 17.3. The number of hydrogen-bond donors (Lipinski definition) is 0. The molecule has 0 spiro atoms. The molecule has 156 valence electrons. The predicted molar refractivity (Wildman–Crippen MR) is 108 cm³/mol. The third-order valence-electron chi connectivity index (χ3n) is 5.01. The molecule has 0 amide bonds. The highest BCUT2D eigenvalue weighted by molar-refractivity contribution is 5.67. The Kier molecular flexibility index (Phi) is 5.72. The second-order valence-electron chi connectivity index (χ2n) is 8.44. The van der Waals surface area contributed by atoms with E-state index < -0.39 is 0 Å². The Morgan fingerprint density at radius 1 is 1.24 bits per heavy atom. The van der Waals surface area contributed by atoms with Crippen LogP contribution >= 0.6 is 0 Å². The third-order valence-corrected chi connectivity index (χ3v) is 5.01. The normalized spacial score (nSPS) is 18.8. The SMILES string of the molecule is CC(C)(C)OCc1ccc2c(c1)CCn1c-2cc(OCC2COCCO2)nc1=O. The maximum absolute atomic E-state index is 12.5. The highest BCUT2D eigenvalue weighted by Crippen LogP contribution is 2.31. The molecular formula is C22H28N2O5. The first kappa shape index (κ1) is 20.1. The van der Waals surface area contributed by atoms with Crippen LogP contribution in [-0.4, -0.2) is 47.7 Å². The first-order valence-corrected chi connectivity index (χ1v) is 10.1. The fraction of sp³-hybridized carbons (Fsp3) is 0.545. The zero-order chi connectivity index (χ0) is 20.4. The molecule has 3 heterocycles. The van der Waals surface area contributed by atoms with Gasteiger partial charge in [-0.2, -0.15) is 4.98 Å². The maximum atomic E-state index is 12.5. The molecule has 0 saturated carbocycles. The van der Waals surface area contributed by atoms with Crippen molar-refractivity contribution >= 4 is 0 Å². The molecular weight excluding hydrogens is 372 g/mol. The van der Waals surface area contributed by atoms with E-state index in [-0.39, 0.29) is 17.4 Å². The molecule has 1 fully saturated rings. The molecule has 2 aliphatic rings. The molecule has 29 heavy (non-hydrogen) atoms. The van der Waals surface area contributed by atoms with Crippen molar-refractivity contribution in [3.05, 3.63) is 45.9 Å². The van der Waals surface area contributed by atoms with Crippen molar-refractivity contribution in [1.29, 1.82) is 0 Å². The summed E-state index contributed by atoms with van der Waals surface area (Å²) in [5.74, 6) is 0.323. The smallest absolute Gasteiger partial charge is 0.351 e. The number of ether oxygens (including phenoxy) is 4. The first-order chi connectivity index (χ1) is 13.9. The molecule has 2 aliphatic heterocycles. The number of nitrogens with zero attached hydrogens (tertiary/aromatic N) is 2. The van der Waals surface area contributed by atoms with E-state index in [1.165, 1.54) is 5.56 Å². The Morgan fingerprint density at radius 2 is 2.10 bits per heavy atom. The average molecular weight is 400 g/mol. The van der Waals surface area contributed by atoms with Crippen LogP contribution in [0.2, 0.25) is 0 Å². The van der Waals surface area contributed by atoms with E-state index in [0.29, 0.717) is 45.5 Å². The van der Waals surface area contributed by atoms with E-state index in [0.717, 1.165) is 23.2 Å². The van der Waals surface area contributed by atoms with Crippen LogP contribution in [0.4, 0.5) is 0 Å². The standard InChI is InChI=1S/C22H28N2O5/c1-22(2,3)29-12-15-4-5-18-16(10-15)6-7-24-19(18)11-20(23-21(24)25)28-14-17-13-26-8-9-27-17/h4-5,10-11,17H,6-9,12-14H2,1-3H3. The molecule has 0 aliphatic carbocycles. The molecule has 7 nitrogen and oxygen atoms in total. The molecule has 7 heteroatoms. The van der Waals surface area contributed by atoms with E-state index in [9.17, 15) is 4.79 Å². The first-order valence-electron chi connectivity index (χ1n) is 10.1. The monoisotopic (exact) mass is 400 g/mol. The molecule has 4 rings (SSSR count). The fourth-order valence-electron chi connectivity index (χ4n) is 3.53. The van der Waals surface area contributed by atoms with Crippen molar-refractivity contribution in [1.82, 2.24) is 9.55 Å². The summed E-state index contributed by atoms with van der Waals surface area (Å²) in [4.78, 5) is 16.6. The van der Waals surface area contributed by atoms with E-state index >= 15 is 0 Å². The van der Waals surface area contributed by atoms with E-state index in [2.05, 4.69) is 23.2 Å². The Labute approximate surface area is 170 Å². The van der Waals surface area contributed by atoms with Crippen molar-refractivity contribution in [2.24, 2.45) is 0 Å². The van der Waals surface area contributed by atoms with Gasteiger partial charge in [0.05, 0.1) is 37.7 Å². The molecule has 1 unspecified atom stereocenters. The molecule has 1 atom stereocenters. The van der Waals surface area contributed by atoms with Crippen molar-refractivity contribution in [2.45, 2.75) is 52.0 Å². The van der Waals surface area contributed by atoms with Crippen molar-refractivity contribution in [2.75, 3.05) is 26.4 Å². The van der Waals surface area contributed by atoms with Crippen LogP contribution in [0, 0.1) is 0 Å². The number of hydrogen-bond acceptors (Lipinski definition) is 6. The van der Waals surface area contributed by atoms with Gasteiger partial charge >= 0.3 is 5.69 Å². The lowest BCUT2D eigenvalue weighted by Crippen LogP contribution is -2.34. The Morgan fingerprint density at radius 3 is 2.86 bits per heavy atom. The lowest BCUT2D eigenvalue weighted by Gasteiger charge is -2.25. The highest BCUT2D eigenvalue weighted by atomic mass is 16.6. The number of rotatable bonds is 5. The quantitative estimate of drug-likeness (QED) is 0.768. The lowest BCUT2D eigenvalue weighted by atomic mass is 9.95. The van der Waals surface area contributed by atoms with Crippen LogP contribution in [0.3, 0.4) is 0 Å². The van der Waals surface area contributed by atoms with Crippen LogP contribution in [0.25, 0.3) is 11.3 Å². The van der Waals surface area contributed by atoms with E-state index in [1.54, 1.807) is 4.57 Å². The van der Waals surface area contributed by atoms with Crippen LogP contribution < -0.4 is 10.4 Å². The summed E-state index contributed by atoms with van der Waals surface area (Å²) in [6.07, 6.45) is 0.655. The summed E-state index contributed by atoms with van der Waals surface area (Å²) < 4.78 is 24.3. The van der Waals surface area contributed by atoms with Crippen LogP contribution in [0.5, 0.6) is 5.88 Å². The Bertz CT molecular complexity index is 926. The summed E-state index contributed by atoms with van der Waals surface area (Å²) in [6, 6.07) is 8.12.